The van der Waals surface area contributed by atoms with Crippen molar-refractivity contribution in [2.24, 2.45) is 5.73 Å². The number of halogens is 1. The first-order valence-corrected chi connectivity index (χ1v) is 11.4. The second-order valence-electron chi connectivity index (χ2n) is 8.67. The van der Waals surface area contributed by atoms with Gasteiger partial charge in [0.25, 0.3) is 5.91 Å². The van der Waals surface area contributed by atoms with E-state index in [1.165, 1.54) is 10.9 Å². The summed E-state index contributed by atoms with van der Waals surface area (Å²) in [6.45, 7) is 5.13. The van der Waals surface area contributed by atoms with Gasteiger partial charge in [-0.1, -0.05) is 0 Å². The van der Waals surface area contributed by atoms with Gasteiger partial charge in [0.2, 0.25) is 0 Å². The number of aromatic nitrogens is 1. The minimum atomic E-state index is -0.539. The fourth-order valence-corrected chi connectivity index (χ4v) is 4.76. The fourth-order valence-electron chi connectivity index (χ4n) is 4.76. The Morgan fingerprint density at radius 1 is 1.09 bits per heavy atom. The number of primary amides is 1. The largest absolute Gasteiger partial charge is 0.458 e. The number of nitrogens with one attached hydrogen (secondary N) is 1. The molecule has 0 bridgehead atoms. The molecular formula is C26H28BrN5O2. The summed E-state index contributed by atoms with van der Waals surface area (Å²) in [5.41, 5.74) is 9.62. The summed E-state index contributed by atoms with van der Waals surface area (Å²) in [5, 5.41) is 12.0. The lowest BCUT2D eigenvalue weighted by Gasteiger charge is -2.36. The van der Waals surface area contributed by atoms with Crippen LogP contribution in [-0.4, -0.2) is 48.5 Å². The lowest BCUT2D eigenvalue weighted by atomic mass is 10.0. The SMILES string of the molecule is Br.N#Cc1ccc2[nH]cc(CCCCN3CCN(c4ccc5c(C(N)=O)occ5c4)CC3)c2c1. The molecule has 1 fully saturated rings. The van der Waals surface area contributed by atoms with Gasteiger partial charge in [-0.05, 0) is 67.8 Å². The van der Waals surface area contributed by atoms with Crippen LogP contribution in [0.15, 0.2) is 53.3 Å². The van der Waals surface area contributed by atoms with Crippen molar-refractivity contribution in [3.05, 3.63) is 65.7 Å². The molecule has 34 heavy (non-hydrogen) atoms. The number of unbranched alkanes of at least 4 members (excludes halogenated alkanes) is 1. The molecule has 176 valence electrons. The fraction of sp³-hybridized carbons (Fsp3) is 0.308. The van der Waals surface area contributed by atoms with Gasteiger partial charge in [-0.25, -0.2) is 0 Å². The Balaban J connectivity index is 0.00000274. The summed E-state index contributed by atoms with van der Waals surface area (Å²) in [5.74, 6) is -0.317. The number of benzene rings is 2. The lowest BCUT2D eigenvalue weighted by molar-refractivity contribution is 0.0976. The van der Waals surface area contributed by atoms with E-state index < -0.39 is 5.91 Å². The van der Waals surface area contributed by atoms with E-state index in [9.17, 15) is 4.79 Å². The van der Waals surface area contributed by atoms with Crippen molar-refractivity contribution in [2.45, 2.75) is 19.3 Å². The molecular weight excluding hydrogens is 494 g/mol. The molecule has 1 aliphatic rings. The van der Waals surface area contributed by atoms with Gasteiger partial charge in [-0.15, -0.1) is 17.0 Å². The number of furan rings is 1. The number of aromatic amines is 1. The number of fused-ring (bicyclic) bond motifs is 2. The zero-order chi connectivity index (χ0) is 22.8. The molecule has 0 unspecified atom stereocenters. The topological polar surface area (TPSA) is 102 Å². The molecule has 1 aliphatic heterocycles. The first kappa shape index (κ1) is 23.9. The zero-order valence-electron chi connectivity index (χ0n) is 18.9. The number of nitrogens with two attached hydrogens (primary N) is 1. The third kappa shape index (κ3) is 4.81. The molecule has 1 saturated heterocycles. The van der Waals surface area contributed by atoms with E-state index >= 15 is 0 Å². The molecule has 3 heterocycles. The van der Waals surface area contributed by atoms with Gasteiger partial charge in [0.1, 0.15) is 0 Å². The van der Waals surface area contributed by atoms with E-state index in [0.717, 1.165) is 74.0 Å². The highest BCUT2D eigenvalue weighted by atomic mass is 79.9. The van der Waals surface area contributed by atoms with Gasteiger partial charge in [-0.2, -0.15) is 5.26 Å². The van der Waals surface area contributed by atoms with Crippen molar-refractivity contribution in [3.8, 4) is 6.07 Å². The highest BCUT2D eigenvalue weighted by Crippen LogP contribution is 2.27. The minimum Gasteiger partial charge on any atom is -0.458 e. The smallest absolute Gasteiger partial charge is 0.285 e. The summed E-state index contributed by atoms with van der Waals surface area (Å²) >= 11 is 0. The van der Waals surface area contributed by atoms with Gasteiger partial charge < -0.3 is 20.0 Å². The van der Waals surface area contributed by atoms with Crippen LogP contribution in [0.4, 0.5) is 5.69 Å². The molecule has 0 atom stereocenters. The van der Waals surface area contributed by atoms with Crippen molar-refractivity contribution in [1.82, 2.24) is 9.88 Å². The molecule has 0 spiro atoms. The van der Waals surface area contributed by atoms with Crippen molar-refractivity contribution >= 4 is 50.3 Å². The number of nitriles is 1. The number of nitrogens with zero attached hydrogens (tertiary/aromatic N) is 3. The van der Waals surface area contributed by atoms with E-state index in [4.69, 9.17) is 15.4 Å². The average Bonchev–Trinajstić information content (AvgIpc) is 3.45. The molecule has 2 aromatic carbocycles. The van der Waals surface area contributed by atoms with E-state index in [1.807, 2.05) is 30.3 Å². The van der Waals surface area contributed by atoms with Crippen LogP contribution in [0.1, 0.15) is 34.5 Å². The third-order valence-electron chi connectivity index (χ3n) is 6.61. The highest BCUT2D eigenvalue weighted by molar-refractivity contribution is 8.93. The van der Waals surface area contributed by atoms with Gasteiger partial charge in [0.05, 0.1) is 17.9 Å². The Labute approximate surface area is 208 Å². The van der Waals surface area contributed by atoms with Crippen LogP contribution in [-0.2, 0) is 6.42 Å². The molecule has 7 nitrogen and oxygen atoms in total. The molecule has 0 aliphatic carbocycles. The Morgan fingerprint density at radius 3 is 2.68 bits per heavy atom. The Morgan fingerprint density at radius 2 is 1.91 bits per heavy atom. The van der Waals surface area contributed by atoms with Gasteiger partial charge >= 0.3 is 0 Å². The van der Waals surface area contributed by atoms with Crippen LogP contribution < -0.4 is 10.6 Å². The monoisotopic (exact) mass is 521 g/mol. The number of anilines is 1. The van der Waals surface area contributed by atoms with Gasteiger partial charge in [0.15, 0.2) is 5.76 Å². The predicted molar refractivity (Wildman–Crippen MR) is 140 cm³/mol. The Kier molecular flexibility index (Phi) is 7.25. The molecule has 0 radical (unpaired) electrons. The molecule has 5 rings (SSSR count). The zero-order valence-corrected chi connectivity index (χ0v) is 20.6. The maximum Gasteiger partial charge on any atom is 0.285 e. The third-order valence-corrected chi connectivity index (χ3v) is 6.61. The van der Waals surface area contributed by atoms with E-state index in [1.54, 1.807) is 6.26 Å². The highest BCUT2D eigenvalue weighted by Gasteiger charge is 2.18. The number of aryl methyl sites for hydroxylation is 1. The normalized spacial score (nSPS) is 14.3. The number of amides is 1. The summed E-state index contributed by atoms with van der Waals surface area (Å²) in [6, 6.07) is 14.1. The maximum absolute atomic E-state index is 11.5. The van der Waals surface area contributed by atoms with Crippen LogP contribution in [0.25, 0.3) is 21.7 Å². The standard InChI is InChI=1S/C26H27N5O2.BrH/c27-15-18-4-7-24-23(13-18)19(16-29-24)3-1-2-8-30-9-11-31(12-10-30)21-5-6-22-20(14-21)17-33-25(22)26(28)32;/h4-7,13-14,16-17,29H,1-3,8-12H2,(H2,28,32);1H. The predicted octanol–water partition coefficient (Wildman–Crippen LogP) is 4.61. The van der Waals surface area contributed by atoms with Crippen molar-refractivity contribution in [3.63, 3.8) is 0 Å². The average molecular weight is 522 g/mol. The van der Waals surface area contributed by atoms with E-state index in [-0.39, 0.29) is 22.7 Å². The molecule has 8 heteroatoms. The number of H-pyrrole nitrogens is 1. The maximum atomic E-state index is 11.5. The summed E-state index contributed by atoms with van der Waals surface area (Å²) < 4.78 is 5.34. The van der Waals surface area contributed by atoms with Crippen molar-refractivity contribution in [2.75, 3.05) is 37.6 Å². The molecule has 4 aromatic rings. The molecule has 2 aromatic heterocycles. The number of piperazine rings is 1. The van der Waals surface area contributed by atoms with Gasteiger partial charge in [-0.3, -0.25) is 9.69 Å². The van der Waals surface area contributed by atoms with Crippen LogP contribution in [0.3, 0.4) is 0 Å². The van der Waals surface area contributed by atoms with Crippen LogP contribution in [0.2, 0.25) is 0 Å². The molecule has 3 N–H and O–H groups in total. The molecule has 0 saturated carbocycles. The second kappa shape index (κ2) is 10.3. The Hall–Kier alpha value is -3.28. The van der Waals surface area contributed by atoms with Gasteiger partial charge in [0, 0.05) is 59.7 Å². The quantitative estimate of drug-likeness (QED) is 0.345. The van der Waals surface area contributed by atoms with Crippen molar-refractivity contribution < 1.29 is 9.21 Å². The summed E-state index contributed by atoms with van der Waals surface area (Å²) in [4.78, 5) is 19.7. The van der Waals surface area contributed by atoms with Crippen molar-refractivity contribution in [1.29, 1.82) is 5.26 Å². The van der Waals surface area contributed by atoms with E-state index in [0.29, 0.717) is 5.56 Å². The summed E-state index contributed by atoms with van der Waals surface area (Å²) in [7, 11) is 0. The Bertz CT molecular complexity index is 1340. The first-order chi connectivity index (χ1) is 16.1. The lowest BCUT2D eigenvalue weighted by Crippen LogP contribution is -2.46. The number of rotatable bonds is 7. The van der Waals surface area contributed by atoms with Crippen LogP contribution in [0.5, 0.6) is 0 Å². The second-order valence-corrected chi connectivity index (χ2v) is 8.67. The number of hydrogen-bond donors (Lipinski definition) is 2. The number of carbonyl (C=O) groups is 1. The number of carbonyl (C=O) groups excluding carboxylic acids is 1. The van der Waals surface area contributed by atoms with E-state index in [2.05, 4.69) is 33.1 Å². The summed E-state index contributed by atoms with van der Waals surface area (Å²) in [6.07, 6.45) is 6.98. The minimum absolute atomic E-state index is 0. The number of hydrogen-bond acceptors (Lipinski definition) is 5. The molecule has 1 amide bonds. The first-order valence-electron chi connectivity index (χ1n) is 11.4. The van der Waals surface area contributed by atoms with Crippen LogP contribution >= 0.6 is 17.0 Å². The van der Waals surface area contributed by atoms with Crippen LogP contribution in [0, 0.1) is 11.3 Å².